The number of fused-ring (bicyclic) bond motifs is 1. The molecule has 2 aromatic rings. The molecule has 0 atom stereocenters. The Morgan fingerprint density at radius 1 is 1.37 bits per heavy atom. The Morgan fingerprint density at radius 3 is 3.00 bits per heavy atom. The van der Waals surface area contributed by atoms with Gasteiger partial charge in [0, 0.05) is 19.2 Å². The molecule has 19 heavy (non-hydrogen) atoms. The number of aromatic nitrogens is 3. The Balaban J connectivity index is 1.90. The fourth-order valence-corrected chi connectivity index (χ4v) is 3.91. The number of hydrogen-bond donors (Lipinski definition) is 1. The van der Waals surface area contributed by atoms with Gasteiger partial charge < -0.3 is 9.67 Å². The van der Waals surface area contributed by atoms with Crippen LogP contribution < -0.4 is 0 Å². The summed E-state index contributed by atoms with van der Waals surface area (Å²) in [6, 6.07) is 3.91. The molecule has 1 saturated heterocycles. The van der Waals surface area contributed by atoms with Crippen molar-refractivity contribution in [2.24, 2.45) is 5.92 Å². The van der Waals surface area contributed by atoms with Gasteiger partial charge in [0.2, 0.25) is 0 Å². The maximum atomic E-state index is 9.25. The fourth-order valence-electron chi connectivity index (χ4n) is 2.70. The fraction of sp³-hybridized carbons (Fsp3) is 0.571. The molecule has 2 aromatic heterocycles. The molecule has 0 aromatic carbocycles. The average molecular weight is 277 g/mol. The van der Waals surface area contributed by atoms with Crippen molar-refractivity contribution in [2.45, 2.75) is 25.8 Å². The van der Waals surface area contributed by atoms with E-state index in [1.165, 1.54) is 24.3 Å². The highest BCUT2D eigenvalue weighted by Gasteiger charge is 2.18. The van der Waals surface area contributed by atoms with Gasteiger partial charge in [0.1, 0.15) is 11.3 Å². The van der Waals surface area contributed by atoms with Gasteiger partial charge in [0.25, 0.3) is 0 Å². The SMILES string of the molecule is OCCn1c(CC2CCSCC2)nc2cccnc21. The smallest absolute Gasteiger partial charge is 0.160 e. The van der Waals surface area contributed by atoms with Gasteiger partial charge in [0.05, 0.1) is 6.61 Å². The highest BCUT2D eigenvalue weighted by Crippen LogP contribution is 2.26. The summed E-state index contributed by atoms with van der Waals surface area (Å²) in [4.78, 5) is 9.11. The van der Waals surface area contributed by atoms with Gasteiger partial charge in [-0.1, -0.05) is 0 Å². The second kappa shape index (κ2) is 5.92. The number of thioether (sulfide) groups is 1. The third-order valence-corrected chi connectivity index (χ3v) is 4.77. The Labute approximate surface area is 117 Å². The van der Waals surface area contributed by atoms with Gasteiger partial charge in [-0.05, 0) is 42.4 Å². The molecule has 1 aliphatic heterocycles. The van der Waals surface area contributed by atoms with Crippen molar-refractivity contribution in [1.29, 1.82) is 0 Å². The highest BCUT2D eigenvalue weighted by molar-refractivity contribution is 7.99. The normalized spacial score (nSPS) is 17.1. The second-order valence-corrected chi connectivity index (χ2v) is 6.23. The third kappa shape index (κ3) is 2.77. The van der Waals surface area contributed by atoms with Crippen molar-refractivity contribution in [1.82, 2.24) is 14.5 Å². The zero-order valence-electron chi connectivity index (χ0n) is 11.0. The molecule has 3 heterocycles. The van der Waals surface area contributed by atoms with Crippen LogP contribution in [0.3, 0.4) is 0 Å². The van der Waals surface area contributed by atoms with Gasteiger partial charge in [0.15, 0.2) is 5.65 Å². The lowest BCUT2D eigenvalue weighted by Gasteiger charge is -2.21. The molecule has 102 valence electrons. The lowest BCUT2D eigenvalue weighted by molar-refractivity contribution is 0.274. The van der Waals surface area contributed by atoms with E-state index in [0.29, 0.717) is 6.54 Å². The van der Waals surface area contributed by atoms with E-state index in [1.54, 1.807) is 6.20 Å². The molecule has 0 radical (unpaired) electrons. The minimum absolute atomic E-state index is 0.134. The number of hydrogen-bond acceptors (Lipinski definition) is 4. The van der Waals surface area contributed by atoms with Gasteiger partial charge in [-0.25, -0.2) is 9.97 Å². The Hall–Kier alpha value is -1.07. The highest BCUT2D eigenvalue weighted by atomic mass is 32.2. The van der Waals surface area contributed by atoms with Crippen molar-refractivity contribution in [2.75, 3.05) is 18.1 Å². The summed E-state index contributed by atoms with van der Waals surface area (Å²) >= 11 is 2.05. The summed E-state index contributed by atoms with van der Waals surface area (Å²) in [6.45, 7) is 0.722. The molecule has 1 aliphatic rings. The van der Waals surface area contributed by atoms with Crippen LogP contribution in [0.5, 0.6) is 0 Å². The third-order valence-electron chi connectivity index (χ3n) is 3.72. The largest absolute Gasteiger partial charge is 0.395 e. The summed E-state index contributed by atoms with van der Waals surface area (Å²) in [5.41, 5.74) is 1.84. The molecule has 0 unspecified atom stereocenters. The zero-order chi connectivity index (χ0) is 13.1. The van der Waals surface area contributed by atoms with Crippen LogP contribution in [0.15, 0.2) is 18.3 Å². The van der Waals surface area contributed by atoms with Crippen LogP contribution in [0.1, 0.15) is 18.7 Å². The van der Waals surface area contributed by atoms with E-state index < -0.39 is 0 Å². The van der Waals surface area contributed by atoms with E-state index in [0.717, 1.165) is 29.3 Å². The first-order valence-electron chi connectivity index (χ1n) is 6.87. The lowest BCUT2D eigenvalue weighted by Crippen LogP contribution is -2.16. The van der Waals surface area contributed by atoms with E-state index in [1.807, 2.05) is 23.9 Å². The number of pyridine rings is 1. The summed E-state index contributed by atoms with van der Waals surface area (Å²) in [5, 5.41) is 9.25. The molecule has 5 heteroatoms. The van der Waals surface area contributed by atoms with Gasteiger partial charge in [-0.15, -0.1) is 0 Å². The molecular weight excluding hydrogens is 258 g/mol. The monoisotopic (exact) mass is 277 g/mol. The standard InChI is InChI=1S/C14H19N3OS/c18-7-6-17-13(10-11-3-8-19-9-4-11)16-12-2-1-5-15-14(12)17/h1-2,5,11,18H,3-4,6-10H2. The lowest BCUT2D eigenvalue weighted by atomic mass is 9.98. The maximum absolute atomic E-state index is 9.25. The molecular formula is C14H19N3OS. The van der Waals surface area contributed by atoms with Crippen LogP contribution in [0.25, 0.3) is 11.2 Å². The summed E-state index contributed by atoms with van der Waals surface area (Å²) in [6.07, 6.45) is 5.36. The van der Waals surface area contributed by atoms with Crippen molar-refractivity contribution in [3.63, 3.8) is 0 Å². The minimum atomic E-state index is 0.134. The molecule has 0 saturated carbocycles. The van der Waals surface area contributed by atoms with E-state index in [9.17, 15) is 5.11 Å². The average Bonchev–Trinajstić information content (AvgIpc) is 2.79. The van der Waals surface area contributed by atoms with Crippen LogP contribution in [0, 0.1) is 5.92 Å². The van der Waals surface area contributed by atoms with Gasteiger partial charge in [-0.2, -0.15) is 11.8 Å². The summed E-state index contributed by atoms with van der Waals surface area (Å²) < 4.78 is 2.08. The first-order chi connectivity index (χ1) is 9.38. The number of nitrogens with zero attached hydrogens (tertiary/aromatic N) is 3. The molecule has 0 aliphatic carbocycles. The Morgan fingerprint density at radius 2 is 2.21 bits per heavy atom. The van der Waals surface area contributed by atoms with E-state index in [2.05, 4.69) is 9.55 Å². The molecule has 4 nitrogen and oxygen atoms in total. The summed E-state index contributed by atoms with van der Waals surface area (Å²) in [7, 11) is 0. The second-order valence-electron chi connectivity index (χ2n) is 5.01. The molecule has 0 amide bonds. The first kappa shape index (κ1) is 12.9. The predicted octanol–water partition coefficient (Wildman–Crippen LogP) is 2.11. The van der Waals surface area contributed by atoms with Crippen molar-refractivity contribution in [3.8, 4) is 0 Å². The summed E-state index contributed by atoms with van der Waals surface area (Å²) in [5.74, 6) is 4.35. The first-order valence-corrected chi connectivity index (χ1v) is 8.02. The van der Waals surface area contributed by atoms with Crippen molar-refractivity contribution >= 4 is 22.9 Å². The Bertz CT molecular complexity index is 549. The number of aliphatic hydroxyl groups excluding tert-OH is 1. The molecule has 1 fully saturated rings. The quantitative estimate of drug-likeness (QED) is 0.930. The van der Waals surface area contributed by atoms with E-state index in [-0.39, 0.29) is 6.61 Å². The maximum Gasteiger partial charge on any atom is 0.160 e. The molecule has 0 bridgehead atoms. The van der Waals surface area contributed by atoms with Crippen LogP contribution >= 0.6 is 11.8 Å². The van der Waals surface area contributed by atoms with Crippen LogP contribution in [0.2, 0.25) is 0 Å². The van der Waals surface area contributed by atoms with Gasteiger partial charge >= 0.3 is 0 Å². The van der Waals surface area contributed by atoms with Gasteiger partial charge in [-0.3, -0.25) is 0 Å². The number of rotatable bonds is 4. The minimum Gasteiger partial charge on any atom is -0.395 e. The zero-order valence-corrected chi connectivity index (χ0v) is 11.8. The Kier molecular flexibility index (Phi) is 4.03. The molecule has 3 rings (SSSR count). The van der Waals surface area contributed by atoms with Crippen LogP contribution in [0.4, 0.5) is 0 Å². The predicted molar refractivity (Wildman–Crippen MR) is 78.4 cm³/mol. The number of aliphatic hydroxyl groups is 1. The molecule has 0 spiro atoms. The van der Waals surface area contributed by atoms with Crippen molar-refractivity contribution < 1.29 is 5.11 Å². The van der Waals surface area contributed by atoms with Crippen molar-refractivity contribution in [3.05, 3.63) is 24.2 Å². The number of imidazole rings is 1. The van der Waals surface area contributed by atoms with E-state index in [4.69, 9.17) is 4.98 Å². The van der Waals surface area contributed by atoms with E-state index >= 15 is 0 Å². The van der Waals surface area contributed by atoms with Crippen LogP contribution in [-0.4, -0.2) is 37.8 Å². The topological polar surface area (TPSA) is 50.9 Å². The molecule has 1 N–H and O–H groups in total. The van der Waals surface area contributed by atoms with Crippen LogP contribution in [-0.2, 0) is 13.0 Å².